The Kier molecular flexibility index (Phi) is 7.37. The highest BCUT2D eigenvalue weighted by molar-refractivity contribution is 6.06. The van der Waals surface area contributed by atoms with Gasteiger partial charge in [-0.25, -0.2) is 4.39 Å². The van der Waals surface area contributed by atoms with E-state index in [1.54, 1.807) is 53.4 Å². The molecule has 0 radical (unpaired) electrons. The van der Waals surface area contributed by atoms with Crippen LogP contribution in [0.1, 0.15) is 16.1 Å². The van der Waals surface area contributed by atoms with Gasteiger partial charge >= 0.3 is 0 Å². The molecule has 6 rings (SSSR count). The van der Waals surface area contributed by atoms with Crippen molar-refractivity contribution in [3.63, 3.8) is 0 Å². The number of aromatic amines is 1. The lowest BCUT2D eigenvalue weighted by Crippen LogP contribution is -2.51. The van der Waals surface area contributed by atoms with Gasteiger partial charge in [-0.15, -0.1) is 0 Å². The number of para-hydroxylation sites is 1. The van der Waals surface area contributed by atoms with Crippen molar-refractivity contribution >= 4 is 34.2 Å². The van der Waals surface area contributed by atoms with E-state index in [0.717, 1.165) is 0 Å². The minimum atomic E-state index is -0.503. The van der Waals surface area contributed by atoms with Gasteiger partial charge in [0.2, 0.25) is 11.5 Å². The molecular formula is C29H26FN7O5. The molecule has 1 saturated heterocycles. The summed E-state index contributed by atoms with van der Waals surface area (Å²) in [6, 6.07) is 16.5. The van der Waals surface area contributed by atoms with E-state index in [9.17, 15) is 14.4 Å². The van der Waals surface area contributed by atoms with Crippen LogP contribution in [-0.2, 0) is 11.3 Å². The zero-order valence-corrected chi connectivity index (χ0v) is 22.3. The third-order valence-corrected chi connectivity index (χ3v) is 7.05. The number of aromatic nitrogens is 3. The van der Waals surface area contributed by atoms with Crippen molar-refractivity contribution in [2.24, 2.45) is 0 Å². The van der Waals surface area contributed by atoms with Crippen molar-refractivity contribution in [3.8, 4) is 11.3 Å². The highest BCUT2D eigenvalue weighted by Crippen LogP contribution is 2.27. The molecule has 2 amide bonds. The van der Waals surface area contributed by atoms with Crippen molar-refractivity contribution in [2.45, 2.75) is 6.54 Å². The zero-order valence-electron chi connectivity index (χ0n) is 22.3. The Balaban J connectivity index is 1.02. The van der Waals surface area contributed by atoms with E-state index >= 15 is 4.39 Å². The third-order valence-electron chi connectivity index (χ3n) is 7.05. The molecule has 1 fully saturated rings. The van der Waals surface area contributed by atoms with Crippen LogP contribution in [0.2, 0.25) is 0 Å². The first-order chi connectivity index (χ1) is 20.4. The van der Waals surface area contributed by atoms with E-state index in [4.69, 9.17) is 9.05 Å². The lowest BCUT2D eigenvalue weighted by Gasteiger charge is -2.36. The Morgan fingerprint density at radius 3 is 2.62 bits per heavy atom. The Bertz CT molecular complexity index is 1790. The van der Waals surface area contributed by atoms with E-state index in [2.05, 4.69) is 25.9 Å². The minimum Gasteiger partial charge on any atom is -0.366 e. The number of benzene rings is 2. The van der Waals surface area contributed by atoms with Crippen LogP contribution < -0.4 is 21.1 Å². The number of carbonyl (C=O) groups is 2. The molecule has 5 aromatic rings. The Hall–Kier alpha value is -5.46. The highest BCUT2D eigenvalue weighted by Gasteiger charge is 2.24. The van der Waals surface area contributed by atoms with Gasteiger partial charge < -0.3 is 34.5 Å². The number of H-pyrrole nitrogens is 1. The standard InChI is InChI=1S/C29H26FN7O5/c30-22-13-18(24-14-19(42-34-24)16-31-26-7-12-41-35-26)5-6-25(22)36-8-10-37(11-9-36)28(39)17-32-29(40)21-15-27(38)33-23-4-2-1-3-20(21)23/h1-7,12-15H,8-11,16-17H2,(H,31,35)(H,32,40)(H,33,38). The summed E-state index contributed by atoms with van der Waals surface area (Å²) in [5.74, 6) is -0.0477. The SMILES string of the molecule is O=C(NCC(=O)N1CCN(c2ccc(-c3cc(CNc4ccon4)on3)cc2F)CC1)c1cc(=O)[nH]c2ccccc12. The van der Waals surface area contributed by atoms with Crippen LogP contribution in [0.3, 0.4) is 0 Å². The highest BCUT2D eigenvalue weighted by atomic mass is 19.1. The fourth-order valence-electron chi connectivity index (χ4n) is 4.89. The third kappa shape index (κ3) is 5.70. The number of nitrogens with one attached hydrogen (secondary N) is 3. The molecule has 12 nitrogen and oxygen atoms in total. The number of halogens is 1. The van der Waals surface area contributed by atoms with Crippen molar-refractivity contribution in [3.05, 3.63) is 94.4 Å². The smallest absolute Gasteiger partial charge is 0.252 e. The van der Waals surface area contributed by atoms with E-state index in [1.165, 1.54) is 18.4 Å². The lowest BCUT2D eigenvalue weighted by molar-refractivity contribution is -0.130. The van der Waals surface area contributed by atoms with Gasteiger partial charge in [-0.3, -0.25) is 14.4 Å². The van der Waals surface area contributed by atoms with Crippen LogP contribution >= 0.6 is 0 Å². The van der Waals surface area contributed by atoms with Crippen molar-refractivity contribution < 1.29 is 23.0 Å². The molecule has 0 unspecified atom stereocenters. The second-order valence-electron chi connectivity index (χ2n) is 9.73. The molecule has 1 aliphatic heterocycles. The summed E-state index contributed by atoms with van der Waals surface area (Å²) >= 11 is 0. The molecule has 1 aliphatic rings. The molecule has 0 aliphatic carbocycles. The molecule has 0 bridgehead atoms. The summed E-state index contributed by atoms with van der Waals surface area (Å²) in [6.07, 6.45) is 1.45. The van der Waals surface area contributed by atoms with Crippen LogP contribution in [-0.4, -0.2) is 64.7 Å². The van der Waals surface area contributed by atoms with Gasteiger partial charge in [-0.2, -0.15) is 0 Å². The summed E-state index contributed by atoms with van der Waals surface area (Å²) in [6.45, 7) is 1.73. The predicted molar refractivity (Wildman–Crippen MR) is 151 cm³/mol. The number of hydrogen-bond acceptors (Lipinski definition) is 9. The van der Waals surface area contributed by atoms with Gasteiger partial charge in [-0.05, 0) is 18.2 Å². The van der Waals surface area contributed by atoms with Crippen LogP contribution in [0.5, 0.6) is 0 Å². The number of hydrogen-bond donors (Lipinski definition) is 3. The first kappa shape index (κ1) is 26.7. The maximum Gasteiger partial charge on any atom is 0.252 e. The van der Waals surface area contributed by atoms with E-state index in [-0.39, 0.29) is 18.0 Å². The Labute approximate surface area is 238 Å². The Morgan fingerprint density at radius 2 is 1.83 bits per heavy atom. The molecule has 2 aromatic carbocycles. The number of nitrogens with zero attached hydrogens (tertiary/aromatic N) is 4. The molecule has 13 heteroatoms. The number of carbonyl (C=O) groups excluding carboxylic acids is 2. The maximum absolute atomic E-state index is 15.1. The number of rotatable bonds is 8. The van der Waals surface area contributed by atoms with Crippen molar-refractivity contribution in [1.29, 1.82) is 0 Å². The zero-order chi connectivity index (χ0) is 29.1. The Morgan fingerprint density at radius 1 is 1.00 bits per heavy atom. The van der Waals surface area contributed by atoms with Gasteiger partial charge in [0.15, 0.2) is 11.6 Å². The fourth-order valence-corrected chi connectivity index (χ4v) is 4.89. The van der Waals surface area contributed by atoms with Gasteiger partial charge in [0.1, 0.15) is 17.8 Å². The van der Waals surface area contributed by atoms with Gasteiger partial charge in [-0.1, -0.05) is 34.6 Å². The summed E-state index contributed by atoms with van der Waals surface area (Å²) in [4.78, 5) is 43.7. The van der Waals surface area contributed by atoms with E-state index < -0.39 is 17.3 Å². The topological polar surface area (TPSA) is 150 Å². The largest absolute Gasteiger partial charge is 0.366 e. The lowest BCUT2D eigenvalue weighted by atomic mass is 10.1. The molecule has 0 spiro atoms. The first-order valence-electron chi connectivity index (χ1n) is 13.3. The molecular weight excluding hydrogens is 545 g/mol. The summed E-state index contributed by atoms with van der Waals surface area (Å²) in [5, 5.41) is 14.0. The number of amides is 2. The van der Waals surface area contributed by atoms with Gasteiger partial charge in [0.05, 0.1) is 24.3 Å². The first-order valence-corrected chi connectivity index (χ1v) is 13.3. The number of piperazine rings is 1. The van der Waals surface area contributed by atoms with Crippen LogP contribution in [0.25, 0.3) is 22.2 Å². The minimum absolute atomic E-state index is 0.205. The molecule has 0 saturated carbocycles. The number of fused-ring (bicyclic) bond motifs is 1. The van der Waals surface area contributed by atoms with Gasteiger partial charge in [0, 0.05) is 60.8 Å². The molecule has 3 N–H and O–H groups in total. The van der Waals surface area contributed by atoms with Crippen molar-refractivity contribution in [2.75, 3.05) is 42.9 Å². The fraction of sp³-hybridized carbons (Fsp3) is 0.207. The average Bonchev–Trinajstić information content (AvgIpc) is 3.71. The summed E-state index contributed by atoms with van der Waals surface area (Å²) < 4.78 is 25.3. The molecule has 42 heavy (non-hydrogen) atoms. The quantitative estimate of drug-likeness (QED) is 0.255. The molecule has 3 aromatic heterocycles. The maximum atomic E-state index is 15.1. The number of anilines is 2. The van der Waals surface area contributed by atoms with E-state index in [0.29, 0.717) is 72.1 Å². The van der Waals surface area contributed by atoms with Crippen molar-refractivity contribution in [1.82, 2.24) is 25.5 Å². The monoisotopic (exact) mass is 571 g/mol. The summed E-state index contributed by atoms with van der Waals surface area (Å²) in [5.41, 5.74) is 1.85. The predicted octanol–water partition coefficient (Wildman–Crippen LogP) is 3.00. The molecule has 214 valence electrons. The van der Waals surface area contributed by atoms with Crippen LogP contribution in [0.4, 0.5) is 15.9 Å². The van der Waals surface area contributed by atoms with E-state index in [1.807, 2.05) is 4.90 Å². The van der Waals surface area contributed by atoms with Crippen LogP contribution in [0.15, 0.2) is 80.8 Å². The average molecular weight is 572 g/mol. The second-order valence-corrected chi connectivity index (χ2v) is 9.73. The van der Waals surface area contributed by atoms with Crippen LogP contribution in [0, 0.1) is 5.82 Å². The molecule has 0 atom stereocenters. The normalized spacial score (nSPS) is 13.4. The second kappa shape index (κ2) is 11.6. The molecule has 4 heterocycles. The summed E-state index contributed by atoms with van der Waals surface area (Å²) in [7, 11) is 0. The number of pyridine rings is 1. The van der Waals surface area contributed by atoms with Gasteiger partial charge in [0.25, 0.3) is 5.91 Å².